The summed E-state index contributed by atoms with van der Waals surface area (Å²) in [6.07, 6.45) is 0. The van der Waals surface area contributed by atoms with Crippen LogP contribution >= 0.6 is 39.9 Å². The van der Waals surface area contributed by atoms with Crippen LogP contribution in [0.2, 0.25) is 5.02 Å². The minimum Gasteiger partial charge on any atom is -0.345 e. The summed E-state index contributed by atoms with van der Waals surface area (Å²) in [5, 5.41) is 3.50. The fraction of sp³-hybridized carbons (Fsp3) is 0.462. The number of amides is 1. The van der Waals surface area contributed by atoms with Gasteiger partial charge in [0, 0.05) is 16.0 Å². The molecule has 0 aliphatic carbocycles. The van der Waals surface area contributed by atoms with E-state index in [1.807, 2.05) is 20.8 Å². The molecular weight excluding hydrogens is 351 g/mol. The quantitative estimate of drug-likeness (QED) is 0.851. The Morgan fingerprint density at radius 1 is 1.53 bits per heavy atom. The maximum Gasteiger partial charge on any atom is 0.252 e. The summed E-state index contributed by atoms with van der Waals surface area (Å²) in [4.78, 5) is 12.2. The molecule has 0 radical (unpaired) electrons. The van der Waals surface area contributed by atoms with Crippen molar-refractivity contribution in [1.29, 1.82) is 0 Å². The van der Waals surface area contributed by atoms with E-state index in [0.717, 1.165) is 0 Å². The Hall–Kier alpha value is -0.290. The molecule has 1 atom stereocenters. The van der Waals surface area contributed by atoms with Crippen molar-refractivity contribution in [2.45, 2.75) is 26.3 Å². The van der Waals surface area contributed by atoms with Crippen molar-refractivity contribution in [2.75, 3.05) is 6.54 Å². The van der Waals surface area contributed by atoms with E-state index in [4.69, 9.17) is 17.3 Å². The first kappa shape index (κ1) is 18.7. The Morgan fingerprint density at radius 3 is 2.58 bits per heavy atom. The molecule has 0 saturated carbocycles. The van der Waals surface area contributed by atoms with Crippen molar-refractivity contribution in [3.63, 3.8) is 0 Å². The van der Waals surface area contributed by atoms with Gasteiger partial charge in [0.2, 0.25) is 0 Å². The van der Waals surface area contributed by atoms with Crippen molar-refractivity contribution in [2.24, 2.45) is 11.7 Å². The van der Waals surface area contributed by atoms with Crippen LogP contribution in [0.5, 0.6) is 0 Å². The van der Waals surface area contributed by atoms with E-state index in [1.165, 1.54) is 0 Å². The van der Waals surface area contributed by atoms with Crippen LogP contribution in [0.1, 0.15) is 31.1 Å². The Morgan fingerprint density at radius 2 is 2.11 bits per heavy atom. The second-order valence-corrected chi connectivity index (χ2v) is 6.15. The molecule has 1 rings (SSSR count). The van der Waals surface area contributed by atoms with Gasteiger partial charge in [-0.05, 0) is 47.0 Å². The molecule has 0 spiro atoms. The lowest BCUT2D eigenvalue weighted by Gasteiger charge is -2.33. The van der Waals surface area contributed by atoms with Gasteiger partial charge in [-0.3, -0.25) is 4.79 Å². The molecule has 1 amide bonds. The van der Waals surface area contributed by atoms with E-state index in [0.29, 0.717) is 21.6 Å². The third kappa shape index (κ3) is 4.63. The molecule has 0 bridgehead atoms. The normalized spacial score (nSPS) is 13.6. The highest BCUT2D eigenvalue weighted by Crippen LogP contribution is 2.23. The summed E-state index contributed by atoms with van der Waals surface area (Å²) >= 11 is 9.25. The van der Waals surface area contributed by atoms with Crippen LogP contribution in [-0.2, 0) is 0 Å². The zero-order valence-electron chi connectivity index (χ0n) is 11.2. The Labute approximate surface area is 133 Å². The van der Waals surface area contributed by atoms with Crippen molar-refractivity contribution < 1.29 is 4.79 Å². The zero-order valence-corrected chi connectivity index (χ0v) is 14.3. The number of nitrogens with one attached hydrogen (secondary N) is 1. The highest BCUT2D eigenvalue weighted by atomic mass is 79.9. The second kappa shape index (κ2) is 7.48. The predicted molar refractivity (Wildman–Crippen MR) is 86.2 cm³/mol. The van der Waals surface area contributed by atoms with Gasteiger partial charge < -0.3 is 11.1 Å². The van der Waals surface area contributed by atoms with Crippen molar-refractivity contribution in [3.05, 3.63) is 33.3 Å². The summed E-state index contributed by atoms with van der Waals surface area (Å²) < 4.78 is 0.715. The van der Waals surface area contributed by atoms with E-state index in [2.05, 4.69) is 21.2 Å². The van der Waals surface area contributed by atoms with Gasteiger partial charge in [-0.25, -0.2) is 0 Å². The Bertz CT molecular complexity index is 454. The molecule has 0 aliphatic rings. The molecule has 1 unspecified atom stereocenters. The van der Waals surface area contributed by atoms with E-state index in [-0.39, 0.29) is 24.2 Å². The summed E-state index contributed by atoms with van der Waals surface area (Å²) in [7, 11) is 0. The summed E-state index contributed by atoms with van der Waals surface area (Å²) in [5.41, 5.74) is 5.83. The third-order valence-electron chi connectivity index (χ3n) is 3.27. The van der Waals surface area contributed by atoms with Gasteiger partial charge in [-0.15, -0.1) is 12.4 Å². The minimum absolute atomic E-state index is 0. The molecule has 3 N–H and O–H groups in total. The lowest BCUT2D eigenvalue weighted by atomic mass is 9.88. The predicted octanol–water partition coefficient (Wildman–Crippen LogP) is 3.63. The first-order valence-corrected chi connectivity index (χ1v) is 6.95. The van der Waals surface area contributed by atoms with Crippen LogP contribution in [-0.4, -0.2) is 18.0 Å². The molecule has 0 saturated heterocycles. The van der Waals surface area contributed by atoms with Crippen molar-refractivity contribution >= 4 is 45.8 Å². The standard InChI is InChI=1S/C13H18BrClN2O.ClH/c1-8(2)13(3,7-16)17-12(18)10-6-9(15)4-5-11(10)14;/h4-6,8H,7,16H2,1-3H3,(H,17,18);1H. The lowest BCUT2D eigenvalue weighted by Crippen LogP contribution is -2.55. The fourth-order valence-corrected chi connectivity index (χ4v) is 2.03. The maximum atomic E-state index is 12.2. The van der Waals surface area contributed by atoms with Crippen molar-refractivity contribution in [1.82, 2.24) is 5.32 Å². The maximum absolute atomic E-state index is 12.2. The SMILES string of the molecule is CC(C)C(C)(CN)NC(=O)c1cc(Cl)ccc1Br.Cl. The van der Waals surface area contributed by atoms with E-state index in [1.54, 1.807) is 18.2 Å². The number of carbonyl (C=O) groups excluding carboxylic acids is 1. The van der Waals surface area contributed by atoms with Gasteiger partial charge in [0.1, 0.15) is 0 Å². The van der Waals surface area contributed by atoms with Gasteiger partial charge in [0.05, 0.1) is 11.1 Å². The van der Waals surface area contributed by atoms with E-state index < -0.39 is 5.54 Å². The van der Waals surface area contributed by atoms with Crippen LogP contribution in [0.4, 0.5) is 0 Å². The average molecular weight is 370 g/mol. The number of hydrogen-bond donors (Lipinski definition) is 2. The number of rotatable bonds is 4. The smallest absolute Gasteiger partial charge is 0.252 e. The molecule has 0 aliphatic heterocycles. The van der Waals surface area contributed by atoms with Crippen LogP contribution < -0.4 is 11.1 Å². The van der Waals surface area contributed by atoms with E-state index in [9.17, 15) is 4.79 Å². The Kier molecular flexibility index (Phi) is 7.37. The third-order valence-corrected chi connectivity index (χ3v) is 4.20. The van der Waals surface area contributed by atoms with Gasteiger partial charge >= 0.3 is 0 Å². The molecule has 3 nitrogen and oxygen atoms in total. The number of benzene rings is 1. The number of hydrogen-bond acceptors (Lipinski definition) is 2. The Balaban J connectivity index is 0.00000324. The number of halogens is 3. The average Bonchev–Trinajstić information content (AvgIpc) is 2.31. The topological polar surface area (TPSA) is 55.1 Å². The molecule has 1 aromatic carbocycles. The summed E-state index contributed by atoms with van der Waals surface area (Å²) in [5.74, 6) is 0.0652. The van der Waals surface area contributed by atoms with Crippen LogP contribution in [0.25, 0.3) is 0 Å². The van der Waals surface area contributed by atoms with Gasteiger partial charge in [-0.1, -0.05) is 25.4 Å². The monoisotopic (exact) mass is 368 g/mol. The summed E-state index contributed by atoms with van der Waals surface area (Å²) in [6, 6.07) is 5.12. The first-order chi connectivity index (χ1) is 8.30. The highest BCUT2D eigenvalue weighted by molar-refractivity contribution is 9.10. The molecule has 0 aromatic heterocycles. The fourth-order valence-electron chi connectivity index (χ4n) is 1.43. The van der Waals surface area contributed by atoms with Gasteiger partial charge in [0.15, 0.2) is 0 Å². The molecule has 19 heavy (non-hydrogen) atoms. The number of nitrogens with two attached hydrogens (primary N) is 1. The highest BCUT2D eigenvalue weighted by Gasteiger charge is 2.29. The van der Waals surface area contributed by atoms with Crippen LogP contribution in [0.15, 0.2) is 22.7 Å². The van der Waals surface area contributed by atoms with Gasteiger partial charge in [-0.2, -0.15) is 0 Å². The van der Waals surface area contributed by atoms with Gasteiger partial charge in [0.25, 0.3) is 5.91 Å². The largest absolute Gasteiger partial charge is 0.345 e. The molecular formula is C13H19BrCl2N2O. The lowest BCUT2D eigenvalue weighted by molar-refractivity contribution is 0.0882. The second-order valence-electron chi connectivity index (χ2n) is 4.85. The van der Waals surface area contributed by atoms with Crippen LogP contribution in [0, 0.1) is 5.92 Å². The van der Waals surface area contributed by atoms with Crippen molar-refractivity contribution in [3.8, 4) is 0 Å². The molecule has 0 fully saturated rings. The molecule has 1 aromatic rings. The first-order valence-electron chi connectivity index (χ1n) is 5.78. The number of carbonyl (C=O) groups is 1. The zero-order chi connectivity index (χ0) is 13.9. The molecule has 6 heteroatoms. The molecule has 0 heterocycles. The van der Waals surface area contributed by atoms with Crippen LogP contribution in [0.3, 0.4) is 0 Å². The molecule has 108 valence electrons. The van der Waals surface area contributed by atoms with E-state index >= 15 is 0 Å². The minimum atomic E-state index is -0.432. The summed E-state index contributed by atoms with van der Waals surface area (Å²) in [6.45, 7) is 6.38.